The number of benzene rings is 1. The van der Waals surface area contributed by atoms with E-state index in [0.29, 0.717) is 42.8 Å². The third-order valence-corrected chi connectivity index (χ3v) is 5.50. The lowest BCUT2D eigenvalue weighted by Gasteiger charge is -2.29. The van der Waals surface area contributed by atoms with Crippen LogP contribution in [0.5, 0.6) is 5.75 Å². The Kier molecular flexibility index (Phi) is 5.01. The van der Waals surface area contributed by atoms with Crippen LogP contribution in [0.3, 0.4) is 0 Å². The smallest absolute Gasteiger partial charge is 0.243 e. The maximum atomic E-state index is 12.5. The van der Waals surface area contributed by atoms with Crippen molar-refractivity contribution in [1.82, 2.24) is 4.31 Å². The van der Waals surface area contributed by atoms with E-state index >= 15 is 0 Å². The molecule has 1 aliphatic heterocycles. The van der Waals surface area contributed by atoms with E-state index in [4.69, 9.17) is 10.5 Å². The lowest BCUT2D eigenvalue weighted by Crippen LogP contribution is -2.37. The van der Waals surface area contributed by atoms with Gasteiger partial charge in [0.15, 0.2) is 0 Å². The normalized spacial score (nSPS) is 18.1. The first-order valence-corrected chi connectivity index (χ1v) is 8.41. The molecule has 2 N–H and O–H groups in total. The maximum Gasteiger partial charge on any atom is 0.243 e. The predicted molar refractivity (Wildman–Crippen MR) is 78.1 cm³/mol. The van der Waals surface area contributed by atoms with Crippen molar-refractivity contribution in [3.05, 3.63) is 24.3 Å². The fourth-order valence-electron chi connectivity index (χ4n) is 2.26. The van der Waals surface area contributed by atoms with Gasteiger partial charge < -0.3 is 10.5 Å². The van der Waals surface area contributed by atoms with Crippen LogP contribution in [0, 0.1) is 5.92 Å². The molecule has 1 fully saturated rings. The number of hydrogen-bond donors (Lipinski definition) is 1. The zero-order valence-corrected chi connectivity index (χ0v) is 12.6. The Bertz CT molecular complexity index is 520. The van der Waals surface area contributed by atoms with Crippen LogP contribution in [0.25, 0.3) is 0 Å². The van der Waals surface area contributed by atoms with Gasteiger partial charge in [0, 0.05) is 19.6 Å². The number of ether oxygens (including phenoxy) is 1. The van der Waals surface area contributed by atoms with Crippen LogP contribution >= 0.6 is 0 Å². The third kappa shape index (κ3) is 3.50. The van der Waals surface area contributed by atoms with E-state index < -0.39 is 10.0 Å². The van der Waals surface area contributed by atoms with Gasteiger partial charge in [0.05, 0.1) is 4.90 Å². The zero-order chi connectivity index (χ0) is 14.6. The number of sulfonamides is 1. The molecule has 0 atom stereocenters. The minimum absolute atomic E-state index is 0.326. The Hall–Kier alpha value is -1.11. The van der Waals surface area contributed by atoms with E-state index in [2.05, 4.69) is 6.92 Å². The van der Waals surface area contributed by atoms with Gasteiger partial charge in [-0.1, -0.05) is 6.92 Å². The number of nitrogens with two attached hydrogens (primary N) is 1. The van der Waals surface area contributed by atoms with Gasteiger partial charge in [0.25, 0.3) is 0 Å². The first-order chi connectivity index (χ1) is 9.54. The van der Waals surface area contributed by atoms with Crippen LogP contribution in [-0.4, -0.2) is 39.0 Å². The lowest BCUT2D eigenvalue weighted by molar-refractivity contribution is 0.288. The van der Waals surface area contributed by atoms with Crippen molar-refractivity contribution >= 4 is 10.0 Å². The van der Waals surface area contributed by atoms with Crippen molar-refractivity contribution in [2.75, 3.05) is 26.2 Å². The Labute approximate surface area is 120 Å². The summed E-state index contributed by atoms with van der Waals surface area (Å²) >= 11 is 0. The molecule has 112 valence electrons. The molecule has 0 saturated carbocycles. The van der Waals surface area contributed by atoms with Crippen LogP contribution in [0.1, 0.15) is 19.8 Å². The number of hydrogen-bond acceptors (Lipinski definition) is 4. The number of piperidine rings is 1. The first-order valence-electron chi connectivity index (χ1n) is 6.97. The standard InChI is InChI=1S/C14H22N2O3S/c1-12-6-9-16(10-7-12)20(17,18)14-4-2-13(3-5-14)19-11-8-15/h2-5,12H,6-11,15H2,1H3. The number of rotatable bonds is 5. The van der Waals surface area contributed by atoms with Crippen molar-refractivity contribution in [3.63, 3.8) is 0 Å². The maximum absolute atomic E-state index is 12.5. The van der Waals surface area contributed by atoms with Crippen LogP contribution in [0.2, 0.25) is 0 Å². The Morgan fingerprint density at radius 1 is 1.25 bits per heavy atom. The van der Waals surface area contributed by atoms with Gasteiger partial charge in [0.1, 0.15) is 12.4 Å². The molecular formula is C14H22N2O3S. The van der Waals surface area contributed by atoms with E-state index in [-0.39, 0.29) is 0 Å². The Balaban J connectivity index is 2.09. The minimum atomic E-state index is -3.37. The molecule has 1 heterocycles. The van der Waals surface area contributed by atoms with E-state index in [1.165, 1.54) is 0 Å². The average molecular weight is 298 g/mol. The molecule has 0 radical (unpaired) electrons. The average Bonchev–Trinajstić information content (AvgIpc) is 2.46. The van der Waals surface area contributed by atoms with E-state index in [1.807, 2.05) is 0 Å². The molecule has 5 nitrogen and oxygen atoms in total. The zero-order valence-electron chi connectivity index (χ0n) is 11.8. The van der Waals surface area contributed by atoms with Crippen LogP contribution in [-0.2, 0) is 10.0 Å². The molecule has 20 heavy (non-hydrogen) atoms. The van der Waals surface area contributed by atoms with Crippen LogP contribution < -0.4 is 10.5 Å². The molecule has 1 aromatic carbocycles. The van der Waals surface area contributed by atoms with Gasteiger partial charge in [-0.2, -0.15) is 4.31 Å². The topological polar surface area (TPSA) is 72.6 Å². The quantitative estimate of drug-likeness (QED) is 0.893. The molecule has 0 spiro atoms. The minimum Gasteiger partial charge on any atom is -0.492 e. The summed E-state index contributed by atoms with van der Waals surface area (Å²) < 4.78 is 31.9. The second-order valence-corrected chi connectivity index (χ2v) is 7.13. The highest BCUT2D eigenvalue weighted by Crippen LogP contribution is 2.24. The third-order valence-electron chi connectivity index (χ3n) is 3.59. The van der Waals surface area contributed by atoms with Gasteiger partial charge in [-0.05, 0) is 43.0 Å². The summed E-state index contributed by atoms with van der Waals surface area (Å²) in [7, 11) is -3.37. The fraction of sp³-hybridized carbons (Fsp3) is 0.571. The predicted octanol–water partition coefficient (Wildman–Crippen LogP) is 1.44. The van der Waals surface area contributed by atoms with Gasteiger partial charge in [-0.25, -0.2) is 8.42 Å². The van der Waals surface area contributed by atoms with E-state index in [9.17, 15) is 8.42 Å². The second-order valence-electron chi connectivity index (χ2n) is 5.20. The van der Waals surface area contributed by atoms with Gasteiger partial charge >= 0.3 is 0 Å². The summed E-state index contributed by atoms with van der Waals surface area (Å²) in [5.41, 5.74) is 5.36. The number of nitrogens with zero attached hydrogens (tertiary/aromatic N) is 1. The molecule has 1 aromatic rings. The van der Waals surface area contributed by atoms with Crippen molar-refractivity contribution in [2.24, 2.45) is 11.7 Å². The van der Waals surface area contributed by atoms with Gasteiger partial charge in [0.2, 0.25) is 10.0 Å². The van der Waals surface area contributed by atoms with Crippen molar-refractivity contribution < 1.29 is 13.2 Å². The molecule has 1 aliphatic rings. The molecule has 6 heteroatoms. The van der Waals surface area contributed by atoms with E-state index in [1.54, 1.807) is 28.6 Å². The van der Waals surface area contributed by atoms with Gasteiger partial charge in [-0.15, -0.1) is 0 Å². The summed E-state index contributed by atoms with van der Waals surface area (Å²) in [6.45, 7) is 4.24. The largest absolute Gasteiger partial charge is 0.492 e. The molecule has 0 aromatic heterocycles. The molecule has 0 bridgehead atoms. The summed E-state index contributed by atoms with van der Waals surface area (Å²) in [6.07, 6.45) is 1.86. The molecule has 2 rings (SSSR count). The van der Waals surface area contributed by atoms with Crippen molar-refractivity contribution in [3.8, 4) is 5.75 Å². The van der Waals surface area contributed by atoms with Gasteiger partial charge in [-0.3, -0.25) is 0 Å². The SMILES string of the molecule is CC1CCN(S(=O)(=O)c2ccc(OCCN)cc2)CC1. The first kappa shape index (κ1) is 15.3. The van der Waals surface area contributed by atoms with Crippen molar-refractivity contribution in [2.45, 2.75) is 24.7 Å². The fourth-order valence-corrected chi connectivity index (χ4v) is 3.73. The lowest BCUT2D eigenvalue weighted by atomic mass is 10.0. The highest BCUT2D eigenvalue weighted by molar-refractivity contribution is 7.89. The Morgan fingerprint density at radius 2 is 1.85 bits per heavy atom. The monoisotopic (exact) mass is 298 g/mol. The summed E-state index contributed by atoms with van der Waals surface area (Å²) in [4.78, 5) is 0.326. The molecule has 1 saturated heterocycles. The van der Waals surface area contributed by atoms with Crippen LogP contribution in [0.15, 0.2) is 29.2 Å². The molecular weight excluding hydrogens is 276 g/mol. The molecule has 0 aliphatic carbocycles. The van der Waals surface area contributed by atoms with Crippen LogP contribution in [0.4, 0.5) is 0 Å². The highest BCUT2D eigenvalue weighted by atomic mass is 32.2. The summed E-state index contributed by atoms with van der Waals surface area (Å²) in [5, 5.41) is 0. The highest BCUT2D eigenvalue weighted by Gasteiger charge is 2.27. The van der Waals surface area contributed by atoms with E-state index in [0.717, 1.165) is 12.8 Å². The second kappa shape index (κ2) is 6.56. The summed E-state index contributed by atoms with van der Waals surface area (Å²) in [5.74, 6) is 1.25. The Morgan fingerprint density at radius 3 is 2.40 bits per heavy atom. The molecule has 0 amide bonds. The summed E-state index contributed by atoms with van der Waals surface area (Å²) in [6, 6.07) is 6.54. The molecule has 0 unspecified atom stereocenters. The van der Waals surface area contributed by atoms with Crippen molar-refractivity contribution in [1.29, 1.82) is 0 Å².